The molecule has 0 atom stereocenters. The van der Waals surface area contributed by atoms with Gasteiger partial charge in [0.25, 0.3) is 0 Å². The lowest BCUT2D eigenvalue weighted by Gasteiger charge is -1.95. The average molecular weight is 266 g/mol. The Morgan fingerprint density at radius 3 is 1.85 bits per heavy atom. The third kappa shape index (κ3) is 3.05. The molecule has 20 heavy (non-hydrogen) atoms. The number of benzene rings is 1. The van der Waals surface area contributed by atoms with Crippen molar-refractivity contribution in [3.05, 3.63) is 60.3 Å². The van der Waals surface area contributed by atoms with Crippen molar-refractivity contribution in [2.45, 2.75) is 0 Å². The summed E-state index contributed by atoms with van der Waals surface area (Å²) in [5, 5.41) is 0. The molecule has 6 nitrogen and oxygen atoms in total. The van der Waals surface area contributed by atoms with Crippen molar-refractivity contribution in [3.8, 4) is 0 Å². The van der Waals surface area contributed by atoms with Crippen LogP contribution in [0.25, 0.3) is 0 Å². The van der Waals surface area contributed by atoms with Gasteiger partial charge in [-0.15, -0.1) is 0 Å². The summed E-state index contributed by atoms with van der Waals surface area (Å²) in [7, 11) is 0. The van der Waals surface area contributed by atoms with E-state index < -0.39 is 0 Å². The molecular weight excluding hydrogens is 256 g/mol. The van der Waals surface area contributed by atoms with Crippen LogP contribution in [0.3, 0.4) is 0 Å². The Labute approximate surface area is 114 Å². The summed E-state index contributed by atoms with van der Waals surface area (Å²) < 4.78 is 10.1. The maximum absolute atomic E-state index is 5.03. The molecule has 0 radical (unpaired) electrons. The SMILES string of the molecule is C(=N\c1ncco1)/c1cccc(/C=N/c2ncco2)c1. The lowest BCUT2D eigenvalue weighted by atomic mass is 10.1. The summed E-state index contributed by atoms with van der Waals surface area (Å²) in [5.74, 6) is 0. The lowest BCUT2D eigenvalue weighted by molar-refractivity contribution is 0.570. The van der Waals surface area contributed by atoms with Gasteiger partial charge in [-0.25, -0.2) is 20.0 Å². The van der Waals surface area contributed by atoms with E-state index in [-0.39, 0.29) is 0 Å². The topological polar surface area (TPSA) is 76.8 Å². The second-order valence-electron chi connectivity index (χ2n) is 3.82. The lowest BCUT2D eigenvalue weighted by Crippen LogP contribution is -1.85. The quantitative estimate of drug-likeness (QED) is 0.679. The molecule has 0 saturated heterocycles. The van der Waals surface area contributed by atoms with E-state index >= 15 is 0 Å². The Kier molecular flexibility index (Phi) is 3.46. The summed E-state index contributed by atoms with van der Waals surface area (Å²) in [5.41, 5.74) is 1.83. The molecule has 2 aromatic heterocycles. The maximum Gasteiger partial charge on any atom is 0.321 e. The Bertz CT molecular complexity index is 656. The van der Waals surface area contributed by atoms with Crippen LogP contribution in [0.1, 0.15) is 11.1 Å². The first-order valence-electron chi connectivity index (χ1n) is 5.87. The summed E-state index contributed by atoms with van der Waals surface area (Å²) in [6.07, 6.45) is 9.40. The molecule has 0 aliphatic carbocycles. The van der Waals surface area contributed by atoms with Gasteiger partial charge in [0.2, 0.25) is 0 Å². The minimum atomic E-state index is 0.323. The zero-order valence-corrected chi connectivity index (χ0v) is 10.4. The third-order valence-electron chi connectivity index (χ3n) is 2.40. The fourth-order valence-corrected chi connectivity index (χ4v) is 1.54. The monoisotopic (exact) mass is 266 g/mol. The van der Waals surface area contributed by atoms with Crippen LogP contribution >= 0.6 is 0 Å². The summed E-state index contributed by atoms with van der Waals surface area (Å²) in [6, 6.07) is 8.34. The van der Waals surface area contributed by atoms with Gasteiger partial charge in [0.05, 0.1) is 12.4 Å². The highest BCUT2D eigenvalue weighted by atomic mass is 16.4. The summed E-state index contributed by atoms with van der Waals surface area (Å²) in [6.45, 7) is 0. The molecule has 3 aromatic rings. The Balaban J connectivity index is 1.76. The van der Waals surface area contributed by atoms with Crippen molar-refractivity contribution in [1.82, 2.24) is 9.97 Å². The van der Waals surface area contributed by atoms with Crippen LogP contribution in [0.15, 0.2) is 68.0 Å². The van der Waals surface area contributed by atoms with E-state index in [9.17, 15) is 0 Å². The van der Waals surface area contributed by atoms with Crippen LogP contribution in [0.4, 0.5) is 12.0 Å². The van der Waals surface area contributed by atoms with Gasteiger partial charge >= 0.3 is 12.0 Å². The molecule has 0 bridgehead atoms. The minimum absolute atomic E-state index is 0.323. The van der Waals surface area contributed by atoms with Crippen LogP contribution in [-0.2, 0) is 0 Å². The van der Waals surface area contributed by atoms with E-state index in [0.29, 0.717) is 12.0 Å². The number of hydrogen-bond donors (Lipinski definition) is 0. The normalized spacial score (nSPS) is 11.6. The smallest absolute Gasteiger partial charge is 0.321 e. The molecule has 0 saturated carbocycles. The van der Waals surface area contributed by atoms with Crippen molar-refractivity contribution in [2.75, 3.05) is 0 Å². The molecule has 0 aliphatic rings. The molecule has 3 rings (SSSR count). The fourth-order valence-electron chi connectivity index (χ4n) is 1.54. The van der Waals surface area contributed by atoms with Gasteiger partial charge < -0.3 is 8.83 Å². The van der Waals surface area contributed by atoms with E-state index in [1.807, 2.05) is 24.3 Å². The Morgan fingerprint density at radius 2 is 1.40 bits per heavy atom. The van der Waals surface area contributed by atoms with Gasteiger partial charge in [0.1, 0.15) is 12.5 Å². The maximum atomic E-state index is 5.03. The predicted octanol–water partition coefficient (Wildman–Crippen LogP) is 3.16. The van der Waals surface area contributed by atoms with Gasteiger partial charge in [-0.1, -0.05) is 18.2 Å². The number of nitrogens with zero attached hydrogens (tertiary/aromatic N) is 4. The molecule has 1 aromatic carbocycles. The average Bonchev–Trinajstić information content (AvgIpc) is 3.17. The van der Waals surface area contributed by atoms with E-state index in [1.54, 1.807) is 24.8 Å². The minimum Gasteiger partial charge on any atom is -0.431 e. The zero-order valence-electron chi connectivity index (χ0n) is 10.4. The van der Waals surface area contributed by atoms with Crippen molar-refractivity contribution < 1.29 is 8.83 Å². The summed E-state index contributed by atoms with van der Waals surface area (Å²) in [4.78, 5) is 16.0. The molecule has 0 unspecified atom stereocenters. The van der Waals surface area contributed by atoms with Gasteiger partial charge in [-0.3, -0.25) is 0 Å². The molecule has 2 heterocycles. The number of rotatable bonds is 4. The predicted molar refractivity (Wildman–Crippen MR) is 74.0 cm³/mol. The highest BCUT2D eigenvalue weighted by Gasteiger charge is 1.95. The third-order valence-corrected chi connectivity index (χ3v) is 2.40. The molecule has 98 valence electrons. The van der Waals surface area contributed by atoms with Crippen molar-refractivity contribution in [3.63, 3.8) is 0 Å². The van der Waals surface area contributed by atoms with Crippen LogP contribution in [0.5, 0.6) is 0 Å². The first-order valence-corrected chi connectivity index (χ1v) is 5.87. The number of aliphatic imine (C=N–C) groups is 2. The second kappa shape index (κ2) is 5.75. The van der Waals surface area contributed by atoms with Crippen LogP contribution in [0.2, 0.25) is 0 Å². The van der Waals surface area contributed by atoms with E-state index in [2.05, 4.69) is 20.0 Å². The van der Waals surface area contributed by atoms with Crippen molar-refractivity contribution >= 4 is 24.5 Å². The van der Waals surface area contributed by atoms with Crippen LogP contribution in [0, 0.1) is 0 Å². The van der Waals surface area contributed by atoms with Gasteiger partial charge in [-0.2, -0.15) is 0 Å². The second-order valence-corrected chi connectivity index (χ2v) is 3.82. The molecular formula is C14H10N4O2. The van der Waals surface area contributed by atoms with E-state index in [1.165, 1.54) is 12.5 Å². The van der Waals surface area contributed by atoms with Gasteiger partial charge in [-0.05, 0) is 17.2 Å². The number of hydrogen-bond acceptors (Lipinski definition) is 6. The highest BCUT2D eigenvalue weighted by molar-refractivity contribution is 5.87. The molecule has 0 spiro atoms. The van der Waals surface area contributed by atoms with Crippen LogP contribution < -0.4 is 0 Å². The molecule has 0 fully saturated rings. The van der Waals surface area contributed by atoms with Gasteiger partial charge in [0, 0.05) is 12.4 Å². The molecule has 0 amide bonds. The van der Waals surface area contributed by atoms with Gasteiger partial charge in [0.15, 0.2) is 0 Å². The number of oxazole rings is 2. The standard InChI is InChI=1S/C14H10N4O2/c1-2-11(9-17-13-15-4-6-19-13)8-12(3-1)10-18-14-16-5-7-20-14/h1-10H/b17-9+,18-10+. The summed E-state index contributed by atoms with van der Waals surface area (Å²) >= 11 is 0. The first kappa shape index (κ1) is 12.0. The van der Waals surface area contributed by atoms with Crippen LogP contribution in [-0.4, -0.2) is 22.4 Å². The van der Waals surface area contributed by atoms with Crippen molar-refractivity contribution in [2.24, 2.45) is 9.98 Å². The number of aromatic nitrogens is 2. The fraction of sp³-hybridized carbons (Fsp3) is 0. The van der Waals surface area contributed by atoms with E-state index in [4.69, 9.17) is 8.83 Å². The highest BCUT2D eigenvalue weighted by Crippen LogP contribution is 2.09. The largest absolute Gasteiger partial charge is 0.431 e. The first-order chi connectivity index (χ1) is 9.90. The van der Waals surface area contributed by atoms with E-state index in [0.717, 1.165) is 11.1 Å². The molecule has 0 aliphatic heterocycles. The molecule has 0 N–H and O–H groups in total. The molecule has 6 heteroatoms. The zero-order chi connectivity index (χ0) is 13.6. The van der Waals surface area contributed by atoms with Crippen molar-refractivity contribution in [1.29, 1.82) is 0 Å². The Hall–Kier alpha value is -3.02. The Morgan fingerprint density at radius 1 is 0.850 bits per heavy atom.